The van der Waals surface area contributed by atoms with E-state index in [-0.39, 0.29) is 11.6 Å². The third kappa shape index (κ3) is 4.21. The van der Waals surface area contributed by atoms with Crippen molar-refractivity contribution in [1.29, 1.82) is 0 Å². The van der Waals surface area contributed by atoms with Gasteiger partial charge in [0.15, 0.2) is 0 Å². The molecule has 0 N–H and O–H groups in total. The van der Waals surface area contributed by atoms with E-state index in [1.54, 1.807) is 0 Å². The number of benzene rings is 6. The second kappa shape index (κ2) is 11.6. The summed E-state index contributed by atoms with van der Waals surface area (Å²) in [7, 11) is 0. The van der Waals surface area contributed by atoms with Gasteiger partial charge in [0.05, 0.1) is 0 Å². The molecule has 0 amide bonds. The van der Waals surface area contributed by atoms with Gasteiger partial charge in [0.25, 0.3) is 0 Å². The van der Waals surface area contributed by atoms with Gasteiger partial charge in [-0.05, 0) is 0 Å². The van der Waals surface area contributed by atoms with E-state index in [0.29, 0.717) is 5.29 Å². The first-order valence-electron chi connectivity index (χ1n) is 14.9. The monoisotopic (exact) mass is 640 g/mol. The van der Waals surface area contributed by atoms with Crippen molar-refractivity contribution in [2.24, 2.45) is 0 Å². The Morgan fingerprint density at radius 3 is 0.911 bits per heavy atom. The first-order valence-corrected chi connectivity index (χ1v) is 19.9. The zero-order valence-electron chi connectivity index (χ0n) is 24.5. The molecular formula is C40H31ClO2P2. The molecule has 1 aliphatic carbocycles. The summed E-state index contributed by atoms with van der Waals surface area (Å²) in [4.78, 5) is 30.9. The first kappa shape index (κ1) is 29.4. The van der Waals surface area contributed by atoms with E-state index in [1.165, 1.54) is 0 Å². The molecule has 0 unspecified atom stereocenters. The summed E-state index contributed by atoms with van der Waals surface area (Å²) in [6.07, 6.45) is 0. The molecule has 1 saturated carbocycles. The maximum atomic E-state index is 15.4. The van der Waals surface area contributed by atoms with Crippen LogP contribution in [-0.4, -0.2) is 22.5 Å². The van der Waals surface area contributed by atoms with Crippen molar-refractivity contribution in [3.63, 3.8) is 0 Å². The molecule has 220 valence electrons. The van der Waals surface area contributed by atoms with E-state index in [1.807, 2.05) is 146 Å². The van der Waals surface area contributed by atoms with Crippen LogP contribution in [0.15, 0.2) is 182 Å². The third-order valence-electron chi connectivity index (χ3n) is 9.00. The van der Waals surface area contributed by atoms with Crippen LogP contribution in [0.1, 0.15) is 0 Å². The predicted molar refractivity (Wildman–Crippen MR) is 195 cm³/mol. The van der Waals surface area contributed by atoms with E-state index in [9.17, 15) is 0 Å². The SMILES string of the molecule is O=C1C(=P(c2ccccc2)(c2ccccc2)c2ccccc2)C(=O)C1P(Cl)(c1ccccc1)(c1ccccc1)c1ccccc1. The van der Waals surface area contributed by atoms with Gasteiger partial charge in [-0.3, -0.25) is 0 Å². The van der Waals surface area contributed by atoms with Crippen LogP contribution in [0.25, 0.3) is 0 Å². The summed E-state index contributed by atoms with van der Waals surface area (Å²) in [5.41, 5.74) is -1.07. The van der Waals surface area contributed by atoms with Gasteiger partial charge in [-0.1, -0.05) is 0 Å². The van der Waals surface area contributed by atoms with Crippen molar-refractivity contribution in [1.82, 2.24) is 0 Å². The normalized spacial score (nSPS) is 14.8. The number of ketones is 2. The Labute approximate surface area is 269 Å². The van der Waals surface area contributed by atoms with Crippen LogP contribution < -0.4 is 31.8 Å². The average molecular weight is 641 g/mol. The Morgan fingerprint density at radius 1 is 0.400 bits per heavy atom. The zero-order chi connectivity index (χ0) is 30.9. The van der Waals surface area contributed by atoms with Crippen molar-refractivity contribution in [3.8, 4) is 0 Å². The van der Waals surface area contributed by atoms with E-state index in [4.69, 9.17) is 11.2 Å². The van der Waals surface area contributed by atoms with Gasteiger partial charge in [-0.15, -0.1) is 0 Å². The van der Waals surface area contributed by atoms with Crippen molar-refractivity contribution in [2.75, 3.05) is 0 Å². The summed E-state index contributed by atoms with van der Waals surface area (Å²) >= 11 is 8.41. The van der Waals surface area contributed by atoms with Gasteiger partial charge in [0, 0.05) is 0 Å². The van der Waals surface area contributed by atoms with Crippen LogP contribution >= 0.6 is 24.1 Å². The molecule has 0 bridgehead atoms. The Balaban J connectivity index is 1.63. The molecule has 0 heterocycles. The Morgan fingerprint density at radius 2 is 0.644 bits per heavy atom. The van der Waals surface area contributed by atoms with Crippen LogP contribution in [0.2, 0.25) is 0 Å². The van der Waals surface area contributed by atoms with Crippen molar-refractivity contribution in [3.05, 3.63) is 182 Å². The summed E-state index contributed by atoms with van der Waals surface area (Å²) in [5.74, 6) is -4.60. The predicted octanol–water partition coefficient (Wildman–Crippen LogP) is 6.36. The van der Waals surface area contributed by atoms with Gasteiger partial charge in [-0.2, -0.15) is 0 Å². The molecule has 6 aromatic carbocycles. The average Bonchev–Trinajstić information content (AvgIpc) is 3.13. The van der Waals surface area contributed by atoms with Gasteiger partial charge >= 0.3 is 270 Å². The molecule has 1 fully saturated rings. The molecule has 0 spiro atoms. The van der Waals surface area contributed by atoms with Gasteiger partial charge in [0.2, 0.25) is 0 Å². The maximum absolute atomic E-state index is 15.4. The van der Waals surface area contributed by atoms with Crippen molar-refractivity contribution in [2.45, 2.75) is 5.66 Å². The van der Waals surface area contributed by atoms with Gasteiger partial charge in [-0.25, -0.2) is 0 Å². The molecule has 1 aliphatic rings. The topological polar surface area (TPSA) is 34.1 Å². The number of carbonyl (C=O) groups excluding carboxylic acids is 2. The Hall–Kier alpha value is -4.32. The van der Waals surface area contributed by atoms with Crippen molar-refractivity contribution >= 4 is 72.8 Å². The second-order valence-corrected chi connectivity index (χ2v) is 20.9. The number of Topliss-reactive ketones (excluding diaryl/α,β-unsaturated/α-hetero) is 2. The number of carbonyl (C=O) groups is 2. The van der Waals surface area contributed by atoms with Crippen LogP contribution in [0.3, 0.4) is 0 Å². The molecule has 45 heavy (non-hydrogen) atoms. The fraction of sp³-hybridized carbons (Fsp3) is 0.0250. The van der Waals surface area contributed by atoms with Crippen molar-refractivity contribution < 1.29 is 9.59 Å². The zero-order valence-corrected chi connectivity index (χ0v) is 27.0. The number of halogens is 1. The minimum absolute atomic E-state index is 0.172. The summed E-state index contributed by atoms with van der Waals surface area (Å²) in [6.45, 7) is -2.90. The quantitative estimate of drug-likeness (QED) is 0.150. The van der Waals surface area contributed by atoms with Crippen LogP contribution in [0.5, 0.6) is 0 Å². The van der Waals surface area contributed by atoms with Gasteiger partial charge in [0.1, 0.15) is 0 Å². The fourth-order valence-electron chi connectivity index (χ4n) is 7.03. The van der Waals surface area contributed by atoms with E-state index < -0.39 is 18.5 Å². The van der Waals surface area contributed by atoms with Gasteiger partial charge < -0.3 is 0 Å². The molecule has 0 radical (unpaired) electrons. The summed E-state index contributed by atoms with van der Waals surface area (Å²) < 4.78 is 0. The minimum atomic E-state index is -4.26. The second-order valence-electron chi connectivity index (χ2n) is 11.2. The number of rotatable bonds is 7. The van der Waals surface area contributed by atoms with Crippen LogP contribution in [0, 0.1) is 0 Å². The number of hydrogen-bond donors (Lipinski definition) is 0. The summed E-state index contributed by atoms with van der Waals surface area (Å²) in [6, 6.07) is 59.6. The molecule has 0 atom stereocenters. The molecule has 7 rings (SSSR count). The molecule has 0 aromatic heterocycles. The summed E-state index contributed by atoms with van der Waals surface area (Å²) in [5, 5.41) is 5.66. The molecule has 6 aromatic rings. The van der Waals surface area contributed by atoms with E-state index >= 15 is 9.59 Å². The fourth-order valence-corrected chi connectivity index (χ4v) is 18.4. The van der Waals surface area contributed by atoms with Crippen LogP contribution in [0.4, 0.5) is 0 Å². The van der Waals surface area contributed by atoms with E-state index in [2.05, 4.69) is 36.4 Å². The molecule has 0 aliphatic heterocycles. The Kier molecular flexibility index (Phi) is 7.55. The Bertz CT molecular complexity index is 1830. The molecular weight excluding hydrogens is 610 g/mol. The third-order valence-corrected chi connectivity index (χ3v) is 21.0. The molecule has 2 nitrogen and oxygen atoms in total. The van der Waals surface area contributed by atoms with Crippen LogP contribution in [-0.2, 0) is 9.59 Å². The number of hydrogen-bond acceptors (Lipinski definition) is 2. The standard InChI is InChI=1S/C40H31ClO2P2/c41-45(34-25-13-4-14-26-34,35-27-15-5-16-28-35,36-29-17-6-18-30-36)40-37(42)39(38(40)43)44(31-19-7-1-8-20-31,32-21-9-2-10-22-32)33-23-11-3-12-24-33/h1-30,40H. The van der Waals surface area contributed by atoms with E-state index in [0.717, 1.165) is 31.8 Å². The first-order chi connectivity index (χ1) is 22.0. The molecule has 0 saturated heterocycles. The molecule has 5 heteroatoms.